The molecule has 0 bridgehead atoms. The zero-order chi connectivity index (χ0) is 10.8. The van der Waals surface area contributed by atoms with Crippen molar-refractivity contribution < 1.29 is 5.11 Å². The predicted molar refractivity (Wildman–Crippen MR) is 59.7 cm³/mol. The fourth-order valence-electron chi connectivity index (χ4n) is 1.50. The Hall–Kier alpha value is -1.02. The van der Waals surface area contributed by atoms with Crippen molar-refractivity contribution in [1.29, 1.82) is 0 Å². The lowest BCUT2D eigenvalue weighted by Gasteiger charge is -2.32. The van der Waals surface area contributed by atoms with E-state index in [-0.39, 0.29) is 5.41 Å². The Balaban J connectivity index is 2.97. The first-order chi connectivity index (χ1) is 6.48. The molecule has 0 radical (unpaired) electrons. The van der Waals surface area contributed by atoms with Crippen LogP contribution in [0.5, 0.6) is 5.75 Å². The van der Waals surface area contributed by atoms with Crippen molar-refractivity contribution in [3.05, 3.63) is 29.8 Å². The standard InChI is InChI=1S/C12H19NO/c1-9(13-4)12(2,3)10-5-7-11(14)8-6-10/h5-9,13-14H,1-4H3. The van der Waals surface area contributed by atoms with Crippen LogP contribution < -0.4 is 5.32 Å². The van der Waals surface area contributed by atoms with Crippen molar-refractivity contribution in [2.24, 2.45) is 0 Å². The van der Waals surface area contributed by atoms with Gasteiger partial charge in [-0.25, -0.2) is 0 Å². The third kappa shape index (κ3) is 2.07. The highest BCUT2D eigenvalue weighted by Gasteiger charge is 2.26. The Morgan fingerprint density at radius 3 is 2.14 bits per heavy atom. The molecule has 0 heterocycles. The molecule has 0 saturated carbocycles. The van der Waals surface area contributed by atoms with E-state index in [4.69, 9.17) is 0 Å². The van der Waals surface area contributed by atoms with Crippen LogP contribution in [-0.2, 0) is 5.41 Å². The SMILES string of the molecule is CNC(C)C(C)(C)c1ccc(O)cc1. The van der Waals surface area contributed by atoms with Crippen LogP contribution >= 0.6 is 0 Å². The summed E-state index contributed by atoms with van der Waals surface area (Å²) in [7, 11) is 1.97. The van der Waals surface area contributed by atoms with Gasteiger partial charge in [0.05, 0.1) is 0 Å². The van der Waals surface area contributed by atoms with E-state index in [0.29, 0.717) is 11.8 Å². The molecule has 0 aliphatic carbocycles. The lowest BCUT2D eigenvalue weighted by Crippen LogP contribution is -2.40. The van der Waals surface area contributed by atoms with Gasteiger partial charge < -0.3 is 10.4 Å². The number of aromatic hydroxyl groups is 1. The van der Waals surface area contributed by atoms with Gasteiger partial charge in [0, 0.05) is 11.5 Å². The van der Waals surface area contributed by atoms with Crippen LogP contribution in [0, 0.1) is 0 Å². The zero-order valence-corrected chi connectivity index (χ0v) is 9.33. The second kappa shape index (κ2) is 4.01. The smallest absolute Gasteiger partial charge is 0.115 e. The summed E-state index contributed by atoms with van der Waals surface area (Å²) >= 11 is 0. The van der Waals surface area contributed by atoms with Crippen molar-refractivity contribution in [2.45, 2.75) is 32.2 Å². The number of nitrogens with one attached hydrogen (secondary N) is 1. The summed E-state index contributed by atoms with van der Waals surface area (Å²) in [6.07, 6.45) is 0. The molecule has 0 aliphatic heterocycles. The van der Waals surface area contributed by atoms with E-state index < -0.39 is 0 Å². The van der Waals surface area contributed by atoms with Gasteiger partial charge in [-0.1, -0.05) is 26.0 Å². The maximum absolute atomic E-state index is 9.20. The Morgan fingerprint density at radius 1 is 1.21 bits per heavy atom. The highest BCUT2D eigenvalue weighted by molar-refractivity contribution is 5.31. The molecule has 0 aliphatic rings. The van der Waals surface area contributed by atoms with Crippen molar-refractivity contribution in [2.75, 3.05) is 7.05 Å². The van der Waals surface area contributed by atoms with Crippen LogP contribution in [0.4, 0.5) is 0 Å². The zero-order valence-electron chi connectivity index (χ0n) is 9.33. The third-order valence-corrected chi connectivity index (χ3v) is 3.13. The fraction of sp³-hybridized carbons (Fsp3) is 0.500. The average Bonchev–Trinajstić information content (AvgIpc) is 2.17. The van der Waals surface area contributed by atoms with Crippen molar-refractivity contribution >= 4 is 0 Å². The van der Waals surface area contributed by atoms with Crippen LogP contribution in [0.2, 0.25) is 0 Å². The third-order valence-electron chi connectivity index (χ3n) is 3.13. The summed E-state index contributed by atoms with van der Waals surface area (Å²) in [6.45, 7) is 6.55. The quantitative estimate of drug-likeness (QED) is 0.772. The van der Waals surface area contributed by atoms with E-state index in [1.807, 2.05) is 19.2 Å². The van der Waals surface area contributed by atoms with E-state index in [9.17, 15) is 5.11 Å². The van der Waals surface area contributed by atoms with Gasteiger partial charge in [-0.2, -0.15) is 0 Å². The monoisotopic (exact) mass is 193 g/mol. The number of phenols is 1. The Morgan fingerprint density at radius 2 is 1.71 bits per heavy atom. The van der Waals surface area contributed by atoms with E-state index in [1.165, 1.54) is 5.56 Å². The molecule has 0 fully saturated rings. The minimum absolute atomic E-state index is 0.0719. The average molecular weight is 193 g/mol. The minimum atomic E-state index is 0.0719. The molecule has 78 valence electrons. The molecule has 1 aromatic carbocycles. The van der Waals surface area contributed by atoms with E-state index >= 15 is 0 Å². The van der Waals surface area contributed by atoms with Gasteiger partial charge in [0.15, 0.2) is 0 Å². The lowest BCUT2D eigenvalue weighted by molar-refractivity contribution is 0.382. The molecular weight excluding hydrogens is 174 g/mol. The highest BCUT2D eigenvalue weighted by atomic mass is 16.3. The summed E-state index contributed by atoms with van der Waals surface area (Å²) in [6, 6.07) is 7.82. The van der Waals surface area contributed by atoms with Crippen molar-refractivity contribution in [3.8, 4) is 5.75 Å². The molecule has 2 N–H and O–H groups in total. The van der Waals surface area contributed by atoms with Gasteiger partial charge in [0.1, 0.15) is 5.75 Å². The maximum Gasteiger partial charge on any atom is 0.115 e. The molecule has 0 spiro atoms. The first-order valence-electron chi connectivity index (χ1n) is 4.95. The second-order valence-corrected chi connectivity index (χ2v) is 4.28. The summed E-state index contributed by atoms with van der Waals surface area (Å²) in [5.41, 5.74) is 1.31. The molecule has 0 amide bonds. The lowest BCUT2D eigenvalue weighted by atomic mass is 9.78. The van der Waals surface area contributed by atoms with Crippen LogP contribution in [-0.4, -0.2) is 18.2 Å². The number of benzene rings is 1. The molecule has 1 aromatic rings. The van der Waals surface area contributed by atoms with Crippen molar-refractivity contribution in [3.63, 3.8) is 0 Å². The molecule has 1 rings (SSSR count). The number of rotatable bonds is 3. The molecule has 1 unspecified atom stereocenters. The minimum Gasteiger partial charge on any atom is -0.508 e. The van der Waals surface area contributed by atoms with Gasteiger partial charge in [-0.05, 0) is 31.7 Å². The molecule has 0 aromatic heterocycles. The molecule has 0 saturated heterocycles. The van der Waals surface area contributed by atoms with Gasteiger partial charge in [-0.3, -0.25) is 0 Å². The second-order valence-electron chi connectivity index (χ2n) is 4.28. The summed E-state index contributed by atoms with van der Waals surface area (Å²) in [5, 5.41) is 12.5. The van der Waals surface area contributed by atoms with Gasteiger partial charge in [0.2, 0.25) is 0 Å². The normalized spacial score (nSPS) is 14.0. The van der Waals surface area contributed by atoms with Crippen LogP contribution in [0.3, 0.4) is 0 Å². The summed E-state index contributed by atoms with van der Waals surface area (Å²) < 4.78 is 0. The van der Waals surface area contributed by atoms with Crippen LogP contribution in [0.15, 0.2) is 24.3 Å². The fourth-order valence-corrected chi connectivity index (χ4v) is 1.50. The highest BCUT2D eigenvalue weighted by Crippen LogP contribution is 2.27. The first-order valence-corrected chi connectivity index (χ1v) is 4.95. The molecule has 2 nitrogen and oxygen atoms in total. The van der Waals surface area contributed by atoms with Gasteiger partial charge in [0.25, 0.3) is 0 Å². The molecule has 2 heteroatoms. The molecule has 14 heavy (non-hydrogen) atoms. The summed E-state index contributed by atoms with van der Waals surface area (Å²) in [5.74, 6) is 0.321. The summed E-state index contributed by atoms with van der Waals surface area (Å²) in [4.78, 5) is 0. The van der Waals surface area contributed by atoms with Crippen molar-refractivity contribution in [1.82, 2.24) is 5.32 Å². The maximum atomic E-state index is 9.20. The molecular formula is C12H19NO. The first kappa shape index (κ1) is 11.1. The largest absolute Gasteiger partial charge is 0.508 e. The van der Waals surface area contributed by atoms with Gasteiger partial charge in [-0.15, -0.1) is 0 Å². The Kier molecular flexibility index (Phi) is 3.17. The topological polar surface area (TPSA) is 32.3 Å². The van der Waals surface area contributed by atoms with E-state index in [2.05, 4.69) is 26.1 Å². The van der Waals surface area contributed by atoms with Gasteiger partial charge >= 0.3 is 0 Å². The van der Waals surface area contributed by atoms with Crippen LogP contribution in [0.1, 0.15) is 26.3 Å². The van der Waals surface area contributed by atoms with E-state index in [0.717, 1.165) is 0 Å². The molecule has 1 atom stereocenters. The Bertz CT molecular complexity index is 290. The number of likely N-dealkylation sites (N-methyl/N-ethyl adjacent to an activating group) is 1. The number of hydrogen-bond donors (Lipinski definition) is 2. The number of hydrogen-bond acceptors (Lipinski definition) is 2. The predicted octanol–water partition coefficient (Wildman–Crippen LogP) is 2.28. The van der Waals surface area contributed by atoms with Crippen LogP contribution in [0.25, 0.3) is 0 Å². The number of phenolic OH excluding ortho intramolecular Hbond substituents is 1. The Labute approximate surface area is 86.0 Å². The van der Waals surface area contributed by atoms with E-state index in [1.54, 1.807) is 12.1 Å².